The molecule has 0 amide bonds. The van der Waals surface area contributed by atoms with E-state index in [4.69, 9.17) is 4.84 Å². The van der Waals surface area contributed by atoms with Crippen molar-refractivity contribution in [3.05, 3.63) is 0 Å². The maximum Gasteiger partial charge on any atom is 0.0682 e. The molecule has 1 saturated heterocycles. The zero-order chi connectivity index (χ0) is 8.10. The Kier molecular flexibility index (Phi) is 3.87. The van der Waals surface area contributed by atoms with Crippen LogP contribution in [0.3, 0.4) is 0 Å². The molecule has 0 saturated carbocycles. The predicted molar refractivity (Wildman–Crippen MR) is 46.2 cm³/mol. The first-order chi connectivity index (χ1) is 5.33. The molecule has 2 nitrogen and oxygen atoms in total. The van der Waals surface area contributed by atoms with Crippen LogP contribution in [0, 0.1) is 5.92 Å². The third kappa shape index (κ3) is 3.21. The van der Waals surface area contributed by atoms with Gasteiger partial charge < -0.3 is 0 Å². The lowest BCUT2D eigenvalue weighted by Crippen LogP contribution is -2.34. The van der Waals surface area contributed by atoms with E-state index in [0.717, 1.165) is 32.0 Å². The number of piperidine rings is 1. The fourth-order valence-electron chi connectivity index (χ4n) is 1.48. The Balaban J connectivity index is 2.12. The van der Waals surface area contributed by atoms with E-state index in [1.165, 1.54) is 12.8 Å². The molecule has 0 N–H and O–H groups in total. The van der Waals surface area contributed by atoms with Gasteiger partial charge in [0.15, 0.2) is 0 Å². The normalized spacial score (nSPS) is 27.3. The minimum Gasteiger partial charge on any atom is -0.299 e. The van der Waals surface area contributed by atoms with E-state index in [9.17, 15) is 0 Å². The summed E-state index contributed by atoms with van der Waals surface area (Å²) in [5.74, 6) is 0.820. The van der Waals surface area contributed by atoms with E-state index in [1.54, 1.807) is 0 Å². The molecule has 0 aromatic carbocycles. The first kappa shape index (κ1) is 9.01. The van der Waals surface area contributed by atoms with Gasteiger partial charge in [0.05, 0.1) is 6.61 Å². The van der Waals surface area contributed by atoms with Crippen molar-refractivity contribution in [2.45, 2.75) is 33.1 Å². The molecule has 1 atom stereocenters. The average molecular weight is 157 g/mol. The monoisotopic (exact) mass is 157 g/mol. The molecule has 2 heteroatoms. The summed E-state index contributed by atoms with van der Waals surface area (Å²) in [6.45, 7) is 7.58. The fraction of sp³-hybridized carbons (Fsp3) is 1.00. The molecule has 66 valence electrons. The molecule has 0 bridgehead atoms. The minimum atomic E-state index is 0.820. The van der Waals surface area contributed by atoms with E-state index in [2.05, 4.69) is 18.9 Å². The molecule has 0 aliphatic carbocycles. The Labute approximate surface area is 69.5 Å². The van der Waals surface area contributed by atoms with Gasteiger partial charge in [-0.1, -0.05) is 13.8 Å². The molecule has 0 radical (unpaired) electrons. The summed E-state index contributed by atoms with van der Waals surface area (Å²) in [4.78, 5) is 5.54. The average Bonchev–Trinajstić information content (AvgIpc) is 2.01. The van der Waals surface area contributed by atoms with Gasteiger partial charge in [-0.25, -0.2) is 0 Å². The highest BCUT2D eigenvalue weighted by molar-refractivity contribution is 4.63. The van der Waals surface area contributed by atoms with Gasteiger partial charge in [-0.05, 0) is 25.2 Å². The molecule has 1 unspecified atom stereocenters. The second kappa shape index (κ2) is 4.73. The van der Waals surface area contributed by atoms with Crippen LogP contribution in [0.4, 0.5) is 0 Å². The molecule has 1 rings (SSSR count). The van der Waals surface area contributed by atoms with Crippen LogP contribution in [0.5, 0.6) is 0 Å². The minimum absolute atomic E-state index is 0.820. The molecule has 1 aliphatic heterocycles. The van der Waals surface area contributed by atoms with Crippen LogP contribution in [-0.4, -0.2) is 24.8 Å². The summed E-state index contributed by atoms with van der Waals surface area (Å²) in [5, 5.41) is 2.12. The second-order valence-corrected chi connectivity index (χ2v) is 3.47. The van der Waals surface area contributed by atoms with Gasteiger partial charge in [0.1, 0.15) is 0 Å². The highest BCUT2D eigenvalue weighted by Gasteiger charge is 2.15. The predicted octanol–water partition coefficient (Wildman–Crippen LogP) is 2.06. The van der Waals surface area contributed by atoms with Crippen molar-refractivity contribution < 1.29 is 4.84 Å². The number of hydrogen-bond donors (Lipinski definition) is 0. The standard InChI is InChI=1S/C9H19NO/c1-3-7-11-10-6-4-5-9(2)8-10/h9H,3-8H2,1-2H3. The Morgan fingerprint density at radius 2 is 2.36 bits per heavy atom. The van der Waals surface area contributed by atoms with E-state index in [1.807, 2.05) is 0 Å². The highest BCUT2D eigenvalue weighted by Crippen LogP contribution is 2.15. The molecule has 0 spiro atoms. The van der Waals surface area contributed by atoms with Crippen molar-refractivity contribution in [1.29, 1.82) is 0 Å². The van der Waals surface area contributed by atoms with E-state index in [-0.39, 0.29) is 0 Å². The summed E-state index contributed by atoms with van der Waals surface area (Å²) in [6.07, 6.45) is 3.78. The van der Waals surface area contributed by atoms with Gasteiger partial charge in [0, 0.05) is 13.1 Å². The van der Waals surface area contributed by atoms with Crippen LogP contribution in [-0.2, 0) is 4.84 Å². The number of nitrogens with zero attached hydrogens (tertiary/aromatic N) is 1. The zero-order valence-corrected chi connectivity index (χ0v) is 7.68. The van der Waals surface area contributed by atoms with Crippen molar-refractivity contribution in [3.8, 4) is 0 Å². The maximum absolute atomic E-state index is 5.54. The lowest BCUT2D eigenvalue weighted by Gasteiger charge is -2.29. The number of hydroxylamine groups is 2. The highest BCUT2D eigenvalue weighted by atomic mass is 16.7. The van der Waals surface area contributed by atoms with Gasteiger partial charge >= 0.3 is 0 Å². The van der Waals surface area contributed by atoms with E-state index < -0.39 is 0 Å². The number of hydrogen-bond acceptors (Lipinski definition) is 2. The Hall–Kier alpha value is -0.0800. The van der Waals surface area contributed by atoms with Crippen LogP contribution in [0.2, 0.25) is 0 Å². The lowest BCUT2D eigenvalue weighted by atomic mass is 10.0. The summed E-state index contributed by atoms with van der Waals surface area (Å²) < 4.78 is 0. The molecule has 1 aliphatic rings. The van der Waals surface area contributed by atoms with Crippen LogP contribution >= 0.6 is 0 Å². The molecule has 1 heterocycles. The van der Waals surface area contributed by atoms with Crippen LogP contribution < -0.4 is 0 Å². The molecule has 1 fully saturated rings. The van der Waals surface area contributed by atoms with E-state index in [0.29, 0.717) is 0 Å². The lowest BCUT2D eigenvalue weighted by molar-refractivity contribution is -0.176. The van der Waals surface area contributed by atoms with Crippen LogP contribution in [0.25, 0.3) is 0 Å². The van der Waals surface area contributed by atoms with Crippen LogP contribution in [0.15, 0.2) is 0 Å². The Morgan fingerprint density at radius 3 is 3.00 bits per heavy atom. The van der Waals surface area contributed by atoms with Crippen molar-refractivity contribution in [1.82, 2.24) is 5.06 Å². The maximum atomic E-state index is 5.54. The van der Waals surface area contributed by atoms with E-state index >= 15 is 0 Å². The van der Waals surface area contributed by atoms with Crippen LogP contribution in [0.1, 0.15) is 33.1 Å². The molecule has 0 aromatic heterocycles. The van der Waals surface area contributed by atoms with Gasteiger partial charge in [-0.3, -0.25) is 4.84 Å². The molecule has 11 heavy (non-hydrogen) atoms. The Morgan fingerprint density at radius 1 is 1.55 bits per heavy atom. The third-order valence-corrected chi connectivity index (χ3v) is 2.10. The number of rotatable bonds is 3. The summed E-state index contributed by atoms with van der Waals surface area (Å²) in [7, 11) is 0. The summed E-state index contributed by atoms with van der Waals surface area (Å²) >= 11 is 0. The van der Waals surface area contributed by atoms with Gasteiger partial charge in [0.25, 0.3) is 0 Å². The van der Waals surface area contributed by atoms with Gasteiger partial charge in [-0.15, -0.1) is 0 Å². The largest absolute Gasteiger partial charge is 0.299 e. The first-order valence-corrected chi connectivity index (χ1v) is 4.70. The van der Waals surface area contributed by atoms with Crippen molar-refractivity contribution in [3.63, 3.8) is 0 Å². The fourth-order valence-corrected chi connectivity index (χ4v) is 1.48. The van der Waals surface area contributed by atoms with Crippen molar-refractivity contribution >= 4 is 0 Å². The molecular formula is C9H19NO. The van der Waals surface area contributed by atoms with Gasteiger partial charge in [-0.2, -0.15) is 5.06 Å². The SMILES string of the molecule is CCCON1CCCC(C)C1. The van der Waals surface area contributed by atoms with Crippen molar-refractivity contribution in [2.24, 2.45) is 5.92 Å². The van der Waals surface area contributed by atoms with Crippen molar-refractivity contribution in [2.75, 3.05) is 19.7 Å². The Bertz CT molecular complexity index is 106. The summed E-state index contributed by atoms with van der Waals surface area (Å²) in [6, 6.07) is 0. The summed E-state index contributed by atoms with van der Waals surface area (Å²) in [5.41, 5.74) is 0. The second-order valence-electron chi connectivity index (χ2n) is 3.47. The third-order valence-electron chi connectivity index (χ3n) is 2.10. The first-order valence-electron chi connectivity index (χ1n) is 4.70. The zero-order valence-electron chi connectivity index (χ0n) is 7.68. The molecular weight excluding hydrogens is 138 g/mol. The molecule has 0 aromatic rings. The van der Waals surface area contributed by atoms with Gasteiger partial charge in [0.2, 0.25) is 0 Å². The topological polar surface area (TPSA) is 12.5 Å². The smallest absolute Gasteiger partial charge is 0.0682 e. The quantitative estimate of drug-likeness (QED) is 0.621.